The van der Waals surface area contributed by atoms with E-state index in [-0.39, 0.29) is 5.91 Å². The first-order valence-electron chi connectivity index (χ1n) is 6.99. The first-order chi connectivity index (χ1) is 8.88. The lowest BCUT2D eigenvalue weighted by Crippen LogP contribution is -2.22. The van der Waals surface area contributed by atoms with E-state index in [4.69, 9.17) is 0 Å². The lowest BCUT2D eigenvalue weighted by molar-refractivity contribution is -0.114. The van der Waals surface area contributed by atoms with Crippen molar-refractivity contribution in [1.29, 1.82) is 0 Å². The first kappa shape index (κ1) is 14.1. The van der Waals surface area contributed by atoms with Crippen LogP contribution in [0.25, 0.3) is 0 Å². The zero-order valence-corrected chi connectivity index (χ0v) is 12.3. The Bertz CT molecular complexity index is 468. The molecular weight excluding hydrogens is 236 g/mol. The highest BCUT2D eigenvalue weighted by Gasteiger charge is 2.44. The van der Waals surface area contributed by atoms with Crippen LogP contribution in [0.15, 0.2) is 24.3 Å². The van der Waals surface area contributed by atoms with E-state index in [0.717, 1.165) is 18.2 Å². The van der Waals surface area contributed by atoms with Crippen LogP contribution in [0.4, 0.5) is 5.69 Å². The minimum atomic E-state index is -0.0301. The summed E-state index contributed by atoms with van der Waals surface area (Å²) in [7, 11) is 0. The summed E-state index contributed by atoms with van der Waals surface area (Å²) < 4.78 is 0. The predicted octanol–water partition coefficient (Wildman–Crippen LogP) is 3.34. The maximum absolute atomic E-state index is 11.1. The molecule has 1 saturated carbocycles. The fourth-order valence-corrected chi connectivity index (χ4v) is 2.45. The SMILES string of the molecule is CC(=O)Nc1cccc(C(C)NCC2CC2(C)C)c1. The zero-order chi connectivity index (χ0) is 14.0. The Kier molecular flexibility index (Phi) is 3.95. The standard InChI is InChI=1S/C16H24N2O/c1-11(17-10-14-9-16(14,3)4)13-6-5-7-15(8-13)18-12(2)19/h5-8,11,14,17H,9-10H2,1-4H3,(H,18,19). The fourth-order valence-electron chi connectivity index (χ4n) is 2.45. The molecule has 1 aromatic rings. The van der Waals surface area contributed by atoms with Crippen LogP contribution in [0.1, 0.15) is 45.7 Å². The Morgan fingerprint density at radius 2 is 2.16 bits per heavy atom. The minimum Gasteiger partial charge on any atom is -0.326 e. The van der Waals surface area contributed by atoms with Crippen molar-refractivity contribution in [2.24, 2.45) is 11.3 Å². The van der Waals surface area contributed by atoms with Crippen LogP contribution in [0.5, 0.6) is 0 Å². The maximum atomic E-state index is 11.1. The molecule has 2 rings (SSSR count). The quantitative estimate of drug-likeness (QED) is 0.852. The number of hydrogen-bond acceptors (Lipinski definition) is 2. The van der Waals surface area contributed by atoms with Gasteiger partial charge >= 0.3 is 0 Å². The molecule has 1 aliphatic carbocycles. The Hall–Kier alpha value is -1.35. The van der Waals surface area contributed by atoms with Crippen LogP contribution >= 0.6 is 0 Å². The second-order valence-electron chi connectivity index (χ2n) is 6.33. The van der Waals surface area contributed by atoms with E-state index in [1.54, 1.807) is 0 Å². The zero-order valence-electron chi connectivity index (χ0n) is 12.3. The number of carbonyl (C=O) groups excluding carboxylic acids is 1. The molecule has 1 amide bonds. The summed E-state index contributed by atoms with van der Waals surface area (Å²) in [6.07, 6.45) is 1.32. The first-order valence-corrected chi connectivity index (χ1v) is 6.99. The van der Waals surface area contributed by atoms with Crippen LogP contribution in [0.3, 0.4) is 0 Å². The van der Waals surface area contributed by atoms with Gasteiger partial charge in [-0.1, -0.05) is 26.0 Å². The number of hydrogen-bond donors (Lipinski definition) is 2. The van der Waals surface area contributed by atoms with Crippen molar-refractivity contribution in [3.8, 4) is 0 Å². The van der Waals surface area contributed by atoms with Crippen molar-refractivity contribution >= 4 is 11.6 Å². The highest BCUT2D eigenvalue weighted by molar-refractivity contribution is 5.88. The third-order valence-electron chi connectivity index (χ3n) is 4.09. The van der Waals surface area contributed by atoms with Gasteiger partial charge in [0.05, 0.1) is 0 Å². The molecule has 0 radical (unpaired) electrons. The van der Waals surface area contributed by atoms with E-state index in [2.05, 4.69) is 37.5 Å². The molecule has 19 heavy (non-hydrogen) atoms. The second kappa shape index (κ2) is 5.33. The Labute approximate surface area is 115 Å². The Morgan fingerprint density at radius 1 is 1.47 bits per heavy atom. The number of rotatable bonds is 5. The topological polar surface area (TPSA) is 41.1 Å². The summed E-state index contributed by atoms with van der Waals surface area (Å²) in [5.41, 5.74) is 2.60. The van der Waals surface area contributed by atoms with Crippen molar-refractivity contribution in [3.63, 3.8) is 0 Å². The highest BCUT2D eigenvalue weighted by atomic mass is 16.1. The maximum Gasteiger partial charge on any atom is 0.221 e. The van der Waals surface area contributed by atoms with E-state index >= 15 is 0 Å². The summed E-state index contributed by atoms with van der Waals surface area (Å²) in [4.78, 5) is 11.1. The number of nitrogens with one attached hydrogen (secondary N) is 2. The van der Waals surface area contributed by atoms with Crippen LogP contribution in [-0.2, 0) is 4.79 Å². The van der Waals surface area contributed by atoms with E-state index in [1.807, 2.05) is 18.2 Å². The van der Waals surface area contributed by atoms with E-state index < -0.39 is 0 Å². The van der Waals surface area contributed by atoms with Gasteiger partial charge in [-0.2, -0.15) is 0 Å². The van der Waals surface area contributed by atoms with Gasteiger partial charge in [0.2, 0.25) is 5.91 Å². The molecule has 1 fully saturated rings. The largest absolute Gasteiger partial charge is 0.326 e. The molecule has 0 spiro atoms. The Morgan fingerprint density at radius 3 is 2.74 bits per heavy atom. The highest BCUT2D eigenvalue weighted by Crippen LogP contribution is 2.51. The van der Waals surface area contributed by atoms with E-state index in [0.29, 0.717) is 11.5 Å². The normalized spacial score (nSPS) is 21.8. The van der Waals surface area contributed by atoms with Gasteiger partial charge in [0.15, 0.2) is 0 Å². The molecule has 0 aliphatic heterocycles. The summed E-state index contributed by atoms with van der Waals surface area (Å²) in [6, 6.07) is 8.35. The summed E-state index contributed by atoms with van der Waals surface area (Å²) >= 11 is 0. The number of carbonyl (C=O) groups is 1. The number of amides is 1. The molecule has 2 unspecified atom stereocenters. The summed E-state index contributed by atoms with van der Waals surface area (Å²) in [6.45, 7) is 9.41. The average molecular weight is 260 g/mol. The van der Waals surface area contributed by atoms with Gasteiger partial charge in [-0.05, 0) is 48.9 Å². The Balaban J connectivity index is 1.91. The number of anilines is 1. The van der Waals surface area contributed by atoms with Gasteiger partial charge in [0, 0.05) is 18.7 Å². The van der Waals surface area contributed by atoms with Gasteiger partial charge in [-0.3, -0.25) is 4.79 Å². The molecule has 0 saturated heterocycles. The van der Waals surface area contributed by atoms with Gasteiger partial charge in [0.1, 0.15) is 0 Å². The van der Waals surface area contributed by atoms with Crippen molar-refractivity contribution in [3.05, 3.63) is 29.8 Å². The fraction of sp³-hybridized carbons (Fsp3) is 0.562. The third kappa shape index (κ3) is 3.80. The van der Waals surface area contributed by atoms with Crippen LogP contribution in [0, 0.1) is 11.3 Å². The lowest BCUT2D eigenvalue weighted by atomic mass is 10.1. The molecule has 104 valence electrons. The van der Waals surface area contributed by atoms with Gasteiger partial charge in [-0.25, -0.2) is 0 Å². The van der Waals surface area contributed by atoms with Crippen LogP contribution in [0.2, 0.25) is 0 Å². The van der Waals surface area contributed by atoms with Crippen molar-refractivity contribution in [1.82, 2.24) is 5.32 Å². The van der Waals surface area contributed by atoms with E-state index in [9.17, 15) is 4.79 Å². The minimum absolute atomic E-state index is 0.0301. The molecule has 3 nitrogen and oxygen atoms in total. The molecule has 1 aliphatic rings. The lowest BCUT2D eigenvalue weighted by Gasteiger charge is -2.16. The van der Waals surface area contributed by atoms with Gasteiger partial charge < -0.3 is 10.6 Å². The molecule has 3 heteroatoms. The number of benzene rings is 1. The van der Waals surface area contributed by atoms with Crippen molar-refractivity contribution in [2.75, 3.05) is 11.9 Å². The average Bonchev–Trinajstić information content (AvgIpc) is 2.93. The monoisotopic (exact) mass is 260 g/mol. The molecule has 0 heterocycles. The van der Waals surface area contributed by atoms with Crippen LogP contribution < -0.4 is 10.6 Å². The van der Waals surface area contributed by atoms with E-state index in [1.165, 1.54) is 18.9 Å². The molecule has 1 aromatic carbocycles. The predicted molar refractivity (Wildman–Crippen MR) is 79.1 cm³/mol. The summed E-state index contributed by atoms with van der Waals surface area (Å²) in [5, 5.41) is 6.41. The van der Waals surface area contributed by atoms with Crippen molar-refractivity contribution in [2.45, 2.75) is 40.2 Å². The second-order valence-corrected chi connectivity index (χ2v) is 6.33. The third-order valence-corrected chi connectivity index (χ3v) is 4.09. The molecule has 2 atom stereocenters. The van der Waals surface area contributed by atoms with Crippen molar-refractivity contribution < 1.29 is 4.79 Å². The smallest absolute Gasteiger partial charge is 0.221 e. The molecule has 0 bridgehead atoms. The van der Waals surface area contributed by atoms with Gasteiger partial charge in [0.25, 0.3) is 0 Å². The molecular formula is C16H24N2O. The van der Waals surface area contributed by atoms with Crippen LogP contribution in [-0.4, -0.2) is 12.5 Å². The van der Waals surface area contributed by atoms with Gasteiger partial charge in [-0.15, -0.1) is 0 Å². The molecule has 2 N–H and O–H groups in total. The summed E-state index contributed by atoms with van der Waals surface area (Å²) in [5.74, 6) is 0.769. The molecule has 0 aromatic heterocycles.